The summed E-state index contributed by atoms with van der Waals surface area (Å²) in [5, 5.41) is 7.22. The number of rotatable bonds is 2. The van der Waals surface area contributed by atoms with Gasteiger partial charge in [0.25, 0.3) is 3.79 Å². The molecule has 13 heavy (non-hydrogen) atoms. The molecule has 0 aliphatic carbocycles. The molecule has 1 aliphatic heterocycles. The zero-order chi connectivity index (χ0) is 10.3. The van der Waals surface area contributed by atoms with E-state index in [9.17, 15) is 0 Å². The highest BCUT2D eigenvalue weighted by Crippen LogP contribution is 2.36. The van der Waals surface area contributed by atoms with Gasteiger partial charge in [-0.25, -0.2) is 0 Å². The van der Waals surface area contributed by atoms with E-state index in [0.717, 1.165) is 0 Å². The Bertz CT molecular complexity index is 224. The van der Waals surface area contributed by atoms with Gasteiger partial charge in [0.05, 0.1) is 5.60 Å². The summed E-state index contributed by atoms with van der Waals surface area (Å²) < 4.78 is 8.37. The fraction of sp³-hybridized carbons (Fsp3) is 0.857. The van der Waals surface area contributed by atoms with Crippen LogP contribution in [0.25, 0.3) is 0 Å². The summed E-state index contributed by atoms with van der Waals surface area (Å²) in [5.74, 6) is -0.371. The van der Waals surface area contributed by atoms with Gasteiger partial charge in [-0.15, -0.1) is 0 Å². The van der Waals surface area contributed by atoms with Crippen LogP contribution >= 0.6 is 34.8 Å². The number of epoxide rings is 1. The molecule has 0 aromatic rings. The second-order valence-corrected chi connectivity index (χ2v) is 5.63. The van der Waals surface area contributed by atoms with E-state index in [-0.39, 0.29) is 24.2 Å². The smallest absolute Gasteiger partial charge is 0.265 e. The Hall–Kier alpha value is 0.300. The van der Waals surface area contributed by atoms with Crippen molar-refractivity contribution < 1.29 is 9.47 Å². The molecule has 76 valence electrons. The van der Waals surface area contributed by atoms with Crippen molar-refractivity contribution in [3.05, 3.63) is 0 Å². The molecule has 1 rings (SSSR count). The van der Waals surface area contributed by atoms with Gasteiger partial charge >= 0.3 is 0 Å². The third-order valence-electron chi connectivity index (χ3n) is 1.80. The molecule has 0 spiro atoms. The summed E-state index contributed by atoms with van der Waals surface area (Å²) in [7, 11) is 0. The average Bonchev–Trinajstić information content (AvgIpc) is 2.52. The van der Waals surface area contributed by atoms with Crippen LogP contribution in [0.4, 0.5) is 0 Å². The first-order valence-electron chi connectivity index (χ1n) is 3.70. The minimum absolute atomic E-state index is 0.0137. The summed E-state index contributed by atoms with van der Waals surface area (Å²) in [6, 6.07) is 0. The third-order valence-corrected chi connectivity index (χ3v) is 2.32. The van der Waals surface area contributed by atoms with E-state index in [1.54, 1.807) is 0 Å². The third kappa shape index (κ3) is 3.17. The van der Waals surface area contributed by atoms with Crippen molar-refractivity contribution in [2.24, 2.45) is 0 Å². The molecule has 1 heterocycles. The number of halogens is 3. The van der Waals surface area contributed by atoms with Gasteiger partial charge in [-0.1, -0.05) is 34.8 Å². The van der Waals surface area contributed by atoms with Crippen LogP contribution < -0.4 is 0 Å². The zero-order valence-corrected chi connectivity index (χ0v) is 9.50. The summed E-state index contributed by atoms with van der Waals surface area (Å²) in [6.45, 7) is 4.11. The van der Waals surface area contributed by atoms with Gasteiger partial charge in [0.1, 0.15) is 12.7 Å². The van der Waals surface area contributed by atoms with E-state index in [4.69, 9.17) is 49.7 Å². The molecule has 1 aliphatic rings. The molecular weight excluding hydrogens is 236 g/mol. The molecule has 0 radical (unpaired) electrons. The van der Waals surface area contributed by atoms with Crippen molar-refractivity contribution in [2.45, 2.75) is 29.3 Å². The van der Waals surface area contributed by atoms with E-state index in [1.165, 1.54) is 0 Å². The molecule has 1 saturated heterocycles. The summed E-state index contributed by atoms with van der Waals surface area (Å²) in [6.07, 6.45) is -0.0137. The Morgan fingerprint density at radius 2 is 2.00 bits per heavy atom. The van der Waals surface area contributed by atoms with Crippen LogP contribution in [-0.4, -0.2) is 28.0 Å². The highest BCUT2D eigenvalue weighted by molar-refractivity contribution is 6.76. The van der Waals surface area contributed by atoms with Gasteiger partial charge in [-0.05, 0) is 13.8 Å². The van der Waals surface area contributed by atoms with Crippen LogP contribution in [0.2, 0.25) is 0 Å². The van der Waals surface area contributed by atoms with Crippen LogP contribution in [-0.2, 0) is 9.47 Å². The van der Waals surface area contributed by atoms with E-state index in [1.807, 2.05) is 13.8 Å². The monoisotopic (exact) mass is 245 g/mol. The van der Waals surface area contributed by atoms with Gasteiger partial charge in [0.2, 0.25) is 5.90 Å². The maximum absolute atomic E-state index is 7.22. The predicted octanol–water partition coefficient (Wildman–Crippen LogP) is 2.53. The molecule has 0 aromatic carbocycles. The summed E-state index contributed by atoms with van der Waals surface area (Å²) in [5.41, 5.74) is -0.173. The lowest BCUT2D eigenvalue weighted by Gasteiger charge is -2.12. The Morgan fingerprint density at radius 3 is 2.31 bits per heavy atom. The summed E-state index contributed by atoms with van der Waals surface area (Å²) in [4.78, 5) is 0. The standard InChI is InChI=1S/C7H10Cl3NO2/c1-6(2)4(13-6)3-12-5(11)7(8,9)10/h4,11H,3H2,1-2H3/t4-/m0/s1. The molecule has 0 amide bonds. The van der Waals surface area contributed by atoms with Gasteiger partial charge in [0.15, 0.2) is 0 Å². The number of hydrogen-bond acceptors (Lipinski definition) is 3. The van der Waals surface area contributed by atoms with Gasteiger partial charge < -0.3 is 9.47 Å². The first-order valence-corrected chi connectivity index (χ1v) is 4.83. The van der Waals surface area contributed by atoms with E-state index in [0.29, 0.717) is 0 Å². The molecule has 1 fully saturated rings. The minimum Gasteiger partial charge on any atom is -0.475 e. The molecule has 6 heteroatoms. The van der Waals surface area contributed by atoms with Crippen molar-refractivity contribution in [2.75, 3.05) is 6.61 Å². The maximum Gasteiger partial charge on any atom is 0.265 e. The molecule has 0 bridgehead atoms. The molecule has 3 nitrogen and oxygen atoms in total. The molecule has 0 aromatic heterocycles. The van der Waals surface area contributed by atoms with Crippen molar-refractivity contribution in [3.63, 3.8) is 0 Å². The Morgan fingerprint density at radius 1 is 1.54 bits per heavy atom. The van der Waals surface area contributed by atoms with Crippen LogP contribution in [0.5, 0.6) is 0 Å². The fourth-order valence-electron chi connectivity index (χ4n) is 0.808. The lowest BCUT2D eigenvalue weighted by molar-refractivity contribution is 0.241. The van der Waals surface area contributed by atoms with Crippen LogP contribution in [0.1, 0.15) is 13.8 Å². The van der Waals surface area contributed by atoms with E-state index < -0.39 is 3.79 Å². The number of nitrogens with one attached hydrogen (secondary N) is 1. The van der Waals surface area contributed by atoms with Gasteiger partial charge in [-0.3, -0.25) is 5.41 Å². The van der Waals surface area contributed by atoms with Crippen LogP contribution in [0, 0.1) is 5.41 Å². The lowest BCUT2D eigenvalue weighted by Crippen LogP contribution is -2.24. The minimum atomic E-state index is -1.78. The first-order chi connectivity index (χ1) is 5.73. The normalized spacial score (nSPS) is 25.5. The number of ether oxygens (including phenoxy) is 2. The molecule has 1 N–H and O–H groups in total. The Kier molecular flexibility index (Phi) is 3.03. The van der Waals surface area contributed by atoms with Gasteiger partial charge in [-0.2, -0.15) is 0 Å². The quantitative estimate of drug-likeness (QED) is 0.352. The molecule has 0 unspecified atom stereocenters. The Balaban J connectivity index is 2.25. The second-order valence-electron chi connectivity index (χ2n) is 3.35. The predicted molar refractivity (Wildman–Crippen MR) is 52.9 cm³/mol. The molecular formula is C7H10Cl3NO2. The SMILES string of the molecule is CC1(C)O[C@H]1COC(=N)C(Cl)(Cl)Cl. The van der Waals surface area contributed by atoms with Crippen LogP contribution in [0.15, 0.2) is 0 Å². The number of hydrogen-bond donors (Lipinski definition) is 1. The Labute approximate surface area is 91.7 Å². The number of alkyl halides is 3. The molecule has 0 saturated carbocycles. The van der Waals surface area contributed by atoms with Crippen molar-refractivity contribution >= 4 is 40.7 Å². The summed E-state index contributed by atoms with van der Waals surface area (Å²) >= 11 is 16.2. The van der Waals surface area contributed by atoms with E-state index in [2.05, 4.69) is 0 Å². The maximum atomic E-state index is 7.22. The highest BCUT2D eigenvalue weighted by Gasteiger charge is 2.48. The largest absolute Gasteiger partial charge is 0.475 e. The van der Waals surface area contributed by atoms with Crippen molar-refractivity contribution in [1.82, 2.24) is 0 Å². The lowest BCUT2D eigenvalue weighted by atomic mass is 10.1. The first kappa shape index (κ1) is 11.4. The topological polar surface area (TPSA) is 45.6 Å². The average molecular weight is 247 g/mol. The zero-order valence-electron chi connectivity index (χ0n) is 7.23. The molecule has 1 atom stereocenters. The fourth-order valence-corrected chi connectivity index (χ4v) is 0.972. The van der Waals surface area contributed by atoms with Crippen molar-refractivity contribution in [3.8, 4) is 0 Å². The van der Waals surface area contributed by atoms with E-state index >= 15 is 0 Å². The van der Waals surface area contributed by atoms with Crippen molar-refractivity contribution in [1.29, 1.82) is 5.41 Å². The van der Waals surface area contributed by atoms with Crippen LogP contribution in [0.3, 0.4) is 0 Å². The highest BCUT2D eigenvalue weighted by atomic mass is 35.6. The second kappa shape index (κ2) is 3.46. The van der Waals surface area contributed by atoms with Gasteiger partial charge in [0, 0.05) is 0 Å².